The summed E-state index contributed by atoms with van der Waals surface area (Å²) >= 11 is 1.25. The highest BCUT2D eigenvalue weighted by atomic mass is 32.2. The Labute approximate surface area is 213 Å². The van der Waals surface area contributed by atoms with E-state index in [1.54, 1.807) is 0 Å². The normalized spacial score (nSPS) is 19.1. The number of carbonyl (C=O) groups is 1. The number of hydrogen-bond acceptors (Lipinski definition) is 6. The number of cyclic esters (lactones) is 1. The van der Waals surface area contributed by atoms with E-state index in [0.29, 0.717) is 18.5 Å². The summed E-state index contributed by atoms with van der Waals surface area (Å²) in [7, 11) is 0. The topological polar surface area (TPSA) is 92.8 Å². The predicted octanol–water partition coefficient (Wildman–Crippen LogP) is 6.59. The SMILES string of the molecule is Cc1cc(SC2=C(O)CC(CCc3ccc(N)cc3)(C(C)(C)C)OC2=O)c(C(C)(C)C)cc1CO. The number of thioether (sulfide) groups is 1. The number of nitrogen functional groups attached to an aromatic ring is 1. The maximum absolute atomic E-state index is 13.4. The van der Waals surface area contributed by atoms with Gasteiger partial charge in [-0.15, -0.1) is 0 Å². The van der Waals surface area contributed by atoms with Crippen molar-refractivity contribution < 1.29 is 19.7 Å². The Bertz CT molecular complexity index is 1120. The van der Waals surface area contributed by atoms with Crippen LogP contribution in [0, 0.1) is 12.3 Å². The third kappa shape index (κ3) is 5.87. The maximum Gasteiger partial charge on any atom is 0.349 e. The number of esters is 1. The monoisotopic (exact) mass is 497 g/mol. The molecule has 0 aromatic heterocycles. The summed E-state index contributed by atoms with van der Waals surface area (Å²) in [5.41, 5.74) is 9.04. The number of ether oxygens (including phenoxy) is 1. The van der Waals surface area contributed by atoms with Crippen LogP contribution in [-0.2, 0) is 28.0 Å². The van der Waals surface area contributed by atoms with Gasteiger partial charge >= 0.3 is 5.97 Å². The minimum absolute atomic E-state index is 0.0437. The summed E-state index contributed by atoms with van der Waals surface area (Å²) in [4.78, 5) is 14.5. The summed E-state index contributed by atoms with van der Waals surface area (Å²) in [5.74, 6) is -0.419. The number of aliphatic hydroxyl groups is 2. The van der Waals surface area contributed by atoms with E-state index < -0.39 is 11.6 Å². The summed E-state index contributed by atoms with van der Waals surface area (Å²) < 4.78 is 6.20. The van der Waals surface area contributed by atoms with E-state index >= 15 is 0 Å². The third-order valence-electron chi connectivity index (χ3n) is 6.98. The first-order chi connectivity index (χ1) is 16.2. The molecule has 1 heterocycles. The van der Waals surface area contributed by atoms with Gasteiger partial charge in [0.2, 0.25) is 0 Å². The number of benzene rings is 2. The van der Waals surface area contributed by atoms with E-state index in [2.05, 4.69) is 20.8 Å². The molecule has 0 aliphatic carbocycles. The first-order valence-corrected chi connectivity index (χ1v) is 12.9. The van der Waals surface area contributed by atoms with Crippen molar-refractivity contribution >= 4 is 23.4 Å². The molecule has 0 saturated heterocycles. The molecular formula is C29H39NO4S. The summed E-state index contributed by atoms with van der Waals surface area (Å²) in [6.45, 7) is 14.3. The number of carbonyl (C=O) groups excluding carboxylic acids is 1. The lowest BCUT2D eigenvalue weighted by atomic mass is 9.70. The molecule has 0 fully saturated rings. The number of anilines is 1. The van der Waals surface area contributed by atoms with Crippen LogP contribution < -0.4 is 5.73 Å². The number of aliphatic hydroxyl groups excluding tert-OH is 2. The van der Waals surface area contributed by atoms with Gasteiger partial charge in [-0.25, -0.2) is 4.79 Å². The Morgan fingerprint density at radius 1 is 1.09 bits per heavy atom. The fraction of sp³-hybridized carbons (Fsp3) is 0.483. The number of hydrogen-bond donors (Lipinski definition) is 3. The van der Waals surface area contributed by atoms with Crippen LogP contribution in [0.1, 0.15) is 76.6 Å². The van der Waals surface area contributed by atoms with E-state index in [1.807, 2.05) is 64.1 Å². The van der Waals surface area contributed by atoms with E-state index in [9.17, 15) is 15.0 Å². The van der Waals surface area contributed by atoms with Gasteiger partial charge in [0, 0.05) is 22.4 Å². The summed E-state index contributed by atoms with van der Waals surface area (Å²) in [5, 5.41) is 20.9. The molecule has 2 aromatic rings. The molecular weight excluding hydrogens is 458 g/mol. The molecule has 2 aromatic carbocycles. The molecule has 6 heteroatoms. The second-order valence-electron chi connectivity index (χ2n) is 11.6. The lowest BCUT2D eigenvalue weighted by Crippen LogP contribution is -2.50. The largest absolute Gasteiger partial charge is 0.511 e. The molecule has 1 aliphatic rings. The van der Waals surface area contributed by atoms with Crippen molar-refractivity contribution in [3.8, 4) is 0 Å². The van der Waals surface area contributed by atoms with Gasteiger partial charge in [-0.2, -0.15) is 0 Å². The molecule has 0 amide bonds. The zero-order valence-electron chi connectivity index (χ0n) is 22.0. The van der Waals surface area contributed by atoms with Crippen LogP contribution in [-0.4, -0.2) is 21.8 Å². The van der Waals surface area contributed by atoms with E-state index in [0.717, 1.165) is 27.1 Å². The standard InChI is InChI=1S/C29H39NO4S/c1-18-14-24(22(27(2,3)4)15-20(18)17-31)35-25-23(32)16-29(28(5,6)7,34-26(25)33)13-12-19-8-10-21(30)11-9-19/h8-11,14-15,31-32H,12-13,16-17,30H2,1-7H3. The molecule has 190 valence electrons. The molecule has 0 saturated carbocycles. The minimum atomic E-state index is -0.830. The number of rotatable bonds is 6. The van der Waals surface area contributed by atoms with E-state index in [4.69, 9.17) is 10.5 Å². The van der Waals surface area contributed by atoms with Crippen LogP contribution in [0.25, 0.3) is 0 Å². The second kappa shape index (κ2) is 9.90. The second-order valence-corrected chi connectivity index (χ2v) is 12.7. The van der Waals surface area contributed by atoms with Crippen LogP contribution in [0.5, 0.6) is 0 Å². The minimum Gasteiger partial charge on any atom is -0.511 e. The fourth-order valence-electron chi connectivity index (χ4n) is 4.47. The average Bonchev–Trinajstić information content (AvgIpc) is 2.74. The number of aryl methyl sites for hydroxylation is 2. The van der Waals surface area contributed by atoms with Crippen molar-refractivity contribution in [2.75, 3.05) is 5.73 Å². The zero-order valence-corrected chi connectivity index (χ0v) is 22.8. The fourth-order valence-corrected chi connectivity index (χ4v) is 5.72. The van der Waals surface area contributed by atoms with Crippen LogP contribution in [0.2, 0.25) is 0 Å². The quantitative estimate of drug-likeness (QED) is 0.308. The van der Waals surface area contributed by atoms with Crippen LogP contribution in [0.4, 0.5) is 5.69 Å². The summed E-state index contributed by atoms with van der Waals surface area (Å²) in [6, 6.07) is 11.7. The first-order valence-electron chi connectivity index (χ1n) is 12.1. The molecule has 4 N–H and O–H groups in total. The van der Waals surface area contributed by atoms with Gasteiger partial charge < -0.3 is 20.7 Å². The van der Waals surface area contributed by atoms with Gasteiger partial charge in [0.1, 0.15) is 16.3 Å². The maximum atomic E-state index is 13.4. The molecule has 1 atom stereocenters. The van der Waals surface area contributed by atoms with Gasteiger partial charge in [-0.05, 0) is 65.6 Å². The molecule has 0 radical (unpaired) electrons. The molecule has 5 nitrogen and oxygen atoms in total. The molecule has 0 spiro atoms. The Morgan fingerprint density at radius 3 is 2.23 bits per heavy atom. The van der Waals surface area contributed by atoms with Gasteiger partial charge in [-0.1, -0.05) is 71.5 Å². The first kappa shape index (κ1) is 27.2. The van der Waals surface area contributed by atoms with Gasteiger partial charge in [0.05, 0.1) is 6.61 Å². The Hall–Kier alpha value is -2.44. The van der Waals surface area contributed by atoms with Crippen molar-refractivity contribution in [2.24, 2.45) is 5.41 Å². The van der Waals surface area contributed by atoms with Crippen LogP contribution in [0.15, 0.2) is 52.0 Å². The van der Waals surface area contributed by atoms with Gasteiger partial charge in [0.15, 0.2) is 0 Å². The van der Waals surface area contributed by atoms with Crippen molar-refractivity contribution in [3.05, 3.63) is 69.3 Å². The van der Waals surface area contributed by atoms with Crippen LogP contribution >= 0.6 is 11.8 Å². The lowest BCUT2D eigenvalue weighted by Gasteiger charge is -2.46. The highest BCUT2D eigenvalue weighted by molar-refractivity contribution is 8.04. The van der Waals surface area contributed by atoms with Crippen LogP contribution in [0.3, 0.4) is 0 Å². The smallest absolute Gasteiger partial charge is 0.349 e. The lowest BCUT2D eigenvalue weighted by molar-refractivity contribution is -0.174. The Kier molecular flexibility index (Phi) is 7.68. The third-order valence-corrected chi connectivity index (χ3v) is 8.15. The molecule has 3 rings (SSSR count). The highest BCUT2D eigenvalue weighted by Gasteiger charge is 2.50. The van der Waals surface area contributed by atoms with E-state index in [1.165, 1.54) is 11.8 Å². The molecule has 1 aliphatic heterocycles. The average molecular weight is 498 g/mol. The van der Waals surface area contributed by atoms with Gasteiger partial charge in [0.25, 0.3) is 0 Å². The van der Waals surface area contributed by atoms with Gasteiger partial charge in [-0.3, -0.25) is 0 Å². The van der Waals surface area contributed by atoms with Crippen molar-refractivity contribution in [1.29, 1.82) is 0 Å². The number of nitrogens with two attached hydrogens (primary N) is 1. The zero-order chi connectivity index (χ0) is 26.2. The van der Waals surface area contributed by atoms with Crippen molar-refractivity contribution in [2.45, 2.75) is 90.2 Å². The molecule has 1 unspecified atom stereocenters. The molecule has 35 heavy (non-hydrogen) atoms. The Balaban J connectivity index is 1.95. The predicted molar refractivity (Wildman–Crippen MR) is 143 cm³/mol. The van der Waals surface area contributed by atoms with Crippen molar-refractivity contribution in [1.82, 2.24) is 0 Å². The summed E-state index contributed by atoms with van der Waals surface area (Å²) in [6.07, 6.45) is 1.56. The molecule has 0 bridgehead atoms. The van der Waals surface area contributed by atoms with Crippen molar-refractivity contribution in [3.63, 3.8) is 0 Å². The highest BCUT2D eigenvalue weighted by Crippen LogP contribution is 2.49. The Morgan fingerprint density at radius 2 is 1.71 bits per heavy atom. The van der Waals surface area contributed by atoms with E-state index in [-0.39, 0.29) is 34.5 Å².